The molecule has 4 nitrogen and oxygen atoms in total. The van der Waals surface area contributed by atoms with Crippen molar-refractivity contribution in [2.75, 3.05) is 19.8 Å². The summed E-state index contributed by atoms with van der Waals surface area (Å²) in [5, 5.41) is 0. The first kappa shape index (κ1) is 26.1. The van der Waals surface area contributed by atoms with Crippen LogP contribution in [0.1, 0.15) is 49.8 Å². The number of unbranched alkanes of at least 4 members (excludes halogenated alkanes) is 1. The van der Waals surface area contributed by atoms with Gasteiger partial charge in [-0.15, -0.1) is 0 Å². The number of hydrogen-bond acceptors (Lipinski definition) is 4. The molecular formula is C31H36O4. The predicted molar refractivity (Wildman–Crippen MR) is 142 cm³/mol. The van der Waals surface area contributed by atoms with Crippen LogP contribution in [-0.4, -0.2) is 25.8 Å². The van der Waals surface area contributed by atoms with Gasteiger partial charge in [-0.05, 0) is 54.7 Å². The van der Waals surface area contributed by atoms with Crippen LogP contribution in [0.2, 0.25) is 0 Å². The number of hydrogen-bond donors (Lipinski definition) is 0. The molecule has 0 heterocycles. The molecule has 0 N–H and O–H groups in total. The van der Waals surface area contributed by atoms with Gasteiger partial charge in [0.05, 0.1) is 19.8 Å². The summed E-state index contributed by atoms with van der Waals surface area (Å²) < 4.78 is 17.6. The fraction of sp³-hybridized carbons (Fsp3) is 0.323. The minimum atomic E-state index is -0.254. The van der Waals surface area contributed by atoms with Gasteiger partial charge in [-0.3, -0.25) is 0 Å². The van der Waals surface area contributed by atoms with Gasteiger partial charge in [-0.25, -0.2) is 4.79 Å². The predicted octanol–water partition coefficient (Wildman–Crippen LogP) is 7.07. The van der Waals surface area contributed by atoms with Crippen LogP contribution in [0, 0.1) is 0 Å². The fourth-order valence-electron chi connectivity index (χ4n) is 3.72. The average molecular weight is 473 g/mol. The van der Waals surface area contributed by atoms with Gasteiger partial charge in [0.15, 0.2) is 11.5 Å². The van der Waals surface area contributed by atoms with Crippen molar-refractivity contribution in [3.05, 3.63) is 101 Å². The third-order valence-corrected chi connectivity index (χ3v) is 5.63. The Balaban J connectivity index is 1.76. The van der Waals surface area contributed by atoms with Gasteiger partial charge in [0, 0.05) is 18.4 Å². The van der Waals surface area contributed by atoms with Crippen LogP contribution < -0.4 is 9.47 Å². The average Bonchev–Trinajstić information content (AvgIpc) is 2.89. The highest BCUT2D eigenvalue weighted by Crippen LogP contribution is 2.30. The highest BCUT2D eigenvalue weighted by Gasteiger charge is 2.12. The normalized spacial score (nSPS) is 11.2. The molecule has 0 bridgehead atoms. The molecule has 0 unspecified atom stereocenters. The Bertz CT molecular complexity index is 1060. The lowest BCUT2D eigenvalue weighted by atomic mass is 10.0. The Labute approximate surface area is 209 Å². The Morgan fingerprint density at radius 3 is 1.94 bits per heavy atom. The molecule has 0 aromatic heterocycles. The first-order valence-electron chi connectivity index (χ1n) is 12.5. The summed E-state index contributed by atoms with van der Waals surface area (Å²) in [5.74, 6) is 1.13. The van der Waals surface area contributed by atoms with E-state index in [0.29, 0.717) is 43.3 Å². The standard InChI is InChI=1S/C31H36O4/c1-3-5-16-28(31(32)33-4-2)23-27-17-18-29(34-21-19-25-12-8-6-9-13-25)30(24-27)35-22-20-26-14-10-7-11-15-26/h6-15,17-18,23-24H,3-5,16,19-22H2,1-2H3/b28-23+. The lowest BCUT2D eigenvalue weighted by Gasteiger charge is -2.14. The Hall–Kier alpha value is -3.53. The molecule has 0 aliphatic heterocycles. The number of esters is 1. The van der Waals surface area contributed by atoms with Crippen LogP contribution in [0.4, 0.5) is 0 Å². The smallest absolute Gasteiger partial charge is 0.334 e. The van der Waals surface area contributed by atoms with E-state index in [1.54, 1.807) is 0 Å². The maximum absolute atomic E-state index is 12.5. The van der Waals surface area contributed by atoms with E-state index >= 15 is 0 Å². The van der Waals surface area contributed by atoms with Crippen LogP contribution in [-0.2, 0) is 22.4 Å². The van der Waals surface area contributed by atoms with E-state index < -0.39 is 0 Å². The summed E-state index contributed by atoms with van der Waals surface area (Å²) in [7, 11) is 0. The highest BCUT2D eigenvalue weighted by molar-refractivity contribution is 5.93. The van der Waals surface area contributed by atoms with Crippen molar-refractivity contribution in [1.82, 2.24) is 0 Å². The number of ether oxygens (including phenoxy) is 3. The van der Waals surface area contributed by atoms with Crippen LogP contribution in [0.5, 0.6) is 11.5 Å². The van der Waals surface area contributed by atoms with E-state index in [-0.39, 0.29) is 5.97 Å². The zero-order chi connectivity index (χ0) is 24.7. The van der Waals surface area contributed by atoms with Crippen molar-refractivity contribution in [3.8, 4) is 11.5 Å². The lowest BCUT2D eigenvalue weighted by molar-refractivity contribution is -0.138. The van der Waals surface area contributed by atoms with Crippen LogP contribution in [0.25, 0.3) is 6.08 Å². The van der Waals surface area contributed by atoms with Gasteiger partial charge in [-0.2, -0.15) is 0 Å². The van der Waals surface area contributed by atoms with Crippen LogP contribution in [0.15, 0.2) is 84.4 Å². The van der Waals surface area contributed by atoms with Gasteiger partial charge >= 0.3 is 5.97 Å². The summed E-state index contributed by atoms with van der Waals surface area (Å²) in [5.41, 5.74) is 4.03. The Morgan fingerprint density at radius 2 is 1.37 bits per heavy atom. The van der Waals surface area contributed by atoms with Crippen molar-refractivity contribution in [3.63, 3.8) is 0 Å². The summed E-state index contributed by atoms with van der Waals surface area (Å²) in [6.07, 6.45) is 6.16. The van der Waals surface area contributed by atoms with Crippen LogP contribution >= 0.6 is 0 Å². The second-order valence-electron chi connectivity index (χ2n) is 8.37. The molecular weight excluding hydrogens is 436 g/mol. The first-order chi connectivity index (χ1) is 17.2. The van der Waals surface area contributed by atoms with E-state index in [4.69, 9.17) is 14.2 Å². The van der Waals surface area contributed by atoms with E-state index in [1.807, 2.05) is 67.6 Å². The highest BCUT2D eigenvalue weighted by atomic mass is 16.5. The van der Waals surface area contributed by atoms with Crippen LogP contribution in [0.3, 0.4) is 0 Å². The summed E-state index contributed by atoms with van der Waals surface area (Å²) >= 11 is 0. The van der Waals surface area contributed by atoms with E-state index in [9.17, 15) is 4.79 Å². The molecule has 0 radical (unpaired) electrons. The molecule has 184 valence electrons. The number of carbonyl (C=O) groups excluding carboxylic acids is 1. The van der Waals surface area contributed by atoms with Gasteiger partial charge in [0.2, 0.25) is 0 Å². The number of rotatable bonds is 14. The van der Waals surface area contributed by atoms with E-state index in [1.165, 1.54) is 11.1 Å². The molecule has 0 fully saturated rings. The third kappa shape index (κ3) is 8.97. The first-order valence-corrected chi connectivity index (χ1v) is 12.5. The van der Waals surface area contributed by atoms with Crippen molar-refractivity contribution >= 4 is 12.0 Å². The minimum absolute atomic E-state index is 0.254. The molecule has 3 rings (SSSR count). The van der Waals surface area contributed by atoms with Crippen molar-refractivity contribution in [1.29, 1.82) is 0 Å². The fourth-order valence-corrected chi connectivity index (χ4v) is 3.72. The molecule has 3 aromatic rings. The molecule has 0 atom stereocenters. The summed E-state index contributed by atoms with van der Waals surface area (Å²) in [6, 6.07) is 26.4. The quantitative estimate of drug-likeness (QED) is 0.186. The topological polar surface area (TPSA) is 44.8 Å². The molecule has 0 amide bonds. The molecule has 0 saturated carbocycles. The van der Waals surface area contributed by atoms with Crippen molar-refractivity contribution in [2.24, 2.45) is 0 Å². The largest absolute Gasteiger partial charge is 0.489 e. The molecule has 35 heavy (non-hydrogen) atoms. The lowest BCUT2D eigenvalue weighted by Crippen LogP contribution is -2.08. The third-order valence-electron chi connectivity index (χ3n) is 5.63. The van der Waals surface area contributed by atoms with Gasteiger partial charge in [0.1, 0.15) is 0 Å². The maximum atomic E-state index is 12.5. The van der Waals surface area contributed by atoms with Gasteiger partial charge in [-0.1, -0.05) is 80.1 Å². The van der Waals surface area contributed by atoms with Crippen molar-refractivity contribution < 1.29 is 19.0 Å². The molecule has 0 aliphatic carbocycles. The molecule has 0 saturated heterocycles. The van der Waals surface area contributed by atoms with Crippen molar-refractivity contribution in [2.45, 2.75) is 46.0 Å². The second kappa shape index (κ2) is 14.7. The number of benzene rings is 3. The van der Waals surface area contributed by atoms with E-state index in [0.717, 1.165) is 31.2 Å². The Kier molecular flexibility index (Phi) is 10.9. The van der Waals surface area contributed by atoms with E-state index in [2.05, 4.69) is 31.2 Å². The SMILES string of the molecule is CCCC/C(=C\c1ccc(OCCc2ccccc2)c(OCCc2ccccc2)c1)C(=O)OCC. The number of carbonyl (C=O) groups is 1. The van der Waals surface area contributed by atoms with Gasteiger partial charge in [0.25, 0.3) is 0 Å². The Morgan fingerprint density at radius 1 is 0.771 bits per heavy atom. The second-order valence-corrected chi connectivity index (χ2v) is 8.37. The monoisotopic (exact) mass is 472 g/mol. The van der Waals surface area contributed by atoms with Gasteiger partial charge < -0.3 is 14.2 Å². The molecule has 0 spiro atoms. The molecule has 0 aliphatic rings. The maximum Gasteiger partial charge on any atom is 0.334 e. The minimum Gasteiger partial charge on any atom is -0.489 e. The summed E-state index contributed by atoms with van der Waals surface area (Å²) in [4.78, 5) is 12.5. The molecule has 4 heteroatoms. The zero-order valence-corrected chi connectivity index (χ0v) is 20.9. The summed E-state index contributed by atoms with van der Waals surface area (Å²) in [6.45, 7) is 5.40. The zero-order valence-electron chi connectivity index (χ0n) is 20.9. The molecule has 3 aromatic carbocycles.